The van der Waals surface area contributed by atoms with Crippen molar-refractivity contribution in [2.45, 2.75) is 58.5 Å². The average molecular weight is 307 g/mol. The van der Waals surface area contributed by atoms with Gasteiger partial charge < -0.3 is 4.74 Å². The van der Waals surface area contributed by atoms with Gasteiger partial charge in [0.1, 0.15) is 5.60 Å². The molecule has 2 aliphatic rings. The Morgan fingerprint density at radius 2 is 1.95 bits per heavy atom. The summed E-state index contributed by atoms with van der Waals surface area (Å²) >= 11 is 0. The second-order valence-electron chi connectivity index (χ2n) is 8.06. The van der Waals surface area contributed by atoms with Crippen LogP contribution in [0.4, 0.5) is 4.79 Å². The summed E-state index contributed by atoms with van der Waals surface area (Å²) in [5.74, 6) is 0.0846. The van der Waals surface area contributed by atoms with Crippen LogP contribution in [0.2, 0.25) is 25.7 Å². The molecule has 1 heterocycles. The van der Waals surface area contributed by atoms with Gasteiger partial charge in [-0.3, -0.25) is 9.69 Å². The number of carbonyl (C=O) groups excluding carboxylic acids is 2. The summed E-state index contributed by atoms with van der Waals surface area (Å²) in [5.41, 5.74) is 2.55. The van der Waals surface area contributed by atoms with Crippen molar-refractivity contribution in [3.63, 3.8) is 0 Å². The smallest absolute Gasteiger partial charge is 0.415 e. The van der Waals surface area contributed by atoms with E-state index >= 15 is 0 Å². The predicted octanol–water partition coefficient (Wildman–Crippen LogP) is 3.73. The zero-order chi connectivity index (χ0) is 16.0. The van der Waals surface area contributed by atoms with Gasteiger partial charge in [-0.2, -0.15) is 0 Å². The third kappa shape index (κ3) is 3.84. The summed E-state index contributed by atoms with van der Waals surface area (Å²) in [6.45, 7) is 13.0. The quantitative estimate of drug-likeness (QED) is 0.730. The highest BCUT2D eigenvalue weighted by molar-refractivity contribution is 6.76. The third-order valence-electron chi connectivity index (χ3n) is 3.38. The van der Waals surface area contributed by atoms with E-state index in [1.54, 1.807) is 11.0 Å². The average Bonchev–Trinajstić information content (AvgIpc) is 2.73. The number of allylic oxidation sites excluding steroid dienone is 2. The van der Waals surface area contributed by atoms with E-state index in [0.717, 1.165) is 17.3 Å². The van der Waals surface area contributed by atoms with Gasteiger partial charge in [0.25, 0.3) is 0 Å². The van der Waals surface area contributed by atoms with Crippen molar-refractivity contribution < 1.29 is 14.3 Å². The Labute approximate surface area is 127 Å². The third-order valence-corrected chi connectivity index (χ3v) is 4.87. The molecule has 0 aromatic heterocycles. The van der Waals surface area contributed by atoms with Crippen LogP contribution in [0.1, 0.15) is 27.2 Å². The number of rotatable bonds is 2. The molecule has 0 aromatic rings. The lowest BCUT2D eigenvalue weighted by atomic mass is 10.1. The summed E-state index contributed by atoms with van der Waals surface area (Å²) in [6, 6.07) is 1.02. The molecule has 0 unspecified atom stereocenters. The minimum atomic E-state index is -1.29. The summed E-state index contributed by atoms with van der Waals surface area (Å²) in [5, 5.41) is 0. The van der Waals surface area contributed by atoms with Crippen LogP contribution >= 0.6 is 0 Å². The molecular formula is C16H25NO3Si. The van der Waals surface area contributed by atoms with Crippen molar-refractivity contribution in [3.05, 3.63) is 22.9 Å². The van der Waals surface area contributed by atoms with Crippen LogP contribution in [0.25, 0.3) is 0 Å². The van der Waals surface area contributed by atoms with E-state index in [4.69, 9.17) is 4.74 Å². The van der Waals surface area contributed by atoms with Crippen LogP contribution in [-0.4, -0.2) is 37.0 Å². The van der Waals surface area contributed by atoms with Crippen LogP contribution in [-0.2, 0) is 9.53 Å². The van der Waals surface area contributed by atoms with Crippen molar-refractivity contribution >= 4 is 20.0 Å². The molecule has 4 nitrogen and oxygen atoms in total. The fourth-order valence-electron chi connectivity index (χ4n) is 2.76. The highest BCUT2D eigenvalue weighted by atomic mass is 28.3. The molecule has 1 amide bonds. The van der Waals surface area contributed by atoms with E-state index in [-0.39, 0.29) is 11.9 Å². The first kappa shape index (κ1) is 16.0. The first-order valence-electron chi connectivity index (χ1n) is 7.43. The van der Waals surface area contributed by atoms with Crippen LogP contribution in [0.15, 0.2) is 22.9 Å². The van der Waals surface area contributed by atoms with Crippen LogP contribution < -0.4 is 0 Å². The SMILES string of the molecule is CC(C)(C)OC(=O)N1CC(C[Si](C)(C)C)=C2CC(=O)C=C21. The molecule has 0 radical (unpaired) electrons. The van der Waals surface area contributed by atoms with Gasteiger partial charge in [-0.15, -0.1) is 0 Å². The number of amides is 1. The van der Waals surface area contributed by atoms with E-state index in [1.807, 2.05) is 20.8 Å². The first-order chi connectivity index (χ1) is 9.46. The van der Waals surface area contributed by atoms with Gasteiger partial charge in [0.2, 0.25) is 0 Å². The molecule has 21 heavy (non-hydrogen) atoms. The predicted molar refractivity (Wildman–Crippen MR) is 85.8 cm³/mol. The molecule has 116 valence electrons. The first-order valence-corrected chi connectivity index (χ1v) is 11.1. The van der Waals surface area contributed by atoms with E-state index in [2.05, 4.69) is 19.6 Å². The molecule has 2 rings (SSSR count). The molecule has 5 heteroatoms. The number of hydrogen-bond donors (Lipinski definition) is 0. The summed E-state index contributed by atoms with van der Waals surface area (Å²) in [4.78, 5) is 25.7. The molecule has 0 spiro atoms. The highest BCUT2D eigenvalue weighted by Crippen LogP contribution is 2.39. The Bertz CT molecular complexity index is 547. The van der Waals surface area contributed by atoms with Crippen molar-refractivity contribution in [1.82, 2.24) is 4.90 Å². The lowest BCUT2D eigenvalue weighted by Gasteiger charge is -2.25. The Hall–Kier alpha value is -1.36. The molecule has 1 aliphatic heterocycles. The van der Waals surface area contributed by atoms with Crippen LogP contribution in [0.3, 0.4) is 0 Å². The standard InChI is InChI=1S/C16H25NO3Si/c1-16(2,3)20-15(19)17-9-11(10-21(4,5)6)13-7-12(18)8-14(13)17/h8H,7,9-10H2,1-6H3. The number of nitrogens with zero attached hydrogens (tertiary/aromatic N) is 1. The van der Waals surface area contributed by atoms with Crippen LogP contribution in [0.5, 0.6) is 0 Å². The maximum absolute atomic E-state index is 12.4. The van der Waals surface area contributed by atoms with Crippen molar-refractivity contribution in [3.8, 4) is 0 Å². The fraction of sp³-hybridized carbons (Fsp3) is 0.625. The van der Waals surface area contributed by atoms with Gasteiger partial charge in [0.05, 0.1) is 12.2 Å². The highest BCUT2D eigenvalue weighted by Gasteiger charge is 2.38. The van der Waals surface area contributed by atoms with E-state index in [0.29, 0.717) is 13.0 Å². The van der Waals surface area contributed by atoms with E-state index in [1.165, 1.54) is 5.57 Å². The number of ether oxygens (including phenoxy) is 1. The summed E-state index contributed by atoms with van der Waals surface area (Å²) in [7, 11) is -1.29. The van der Waals surface area contributed by atoms with Gasteiger partial charge in [-0.05, 0) is 38.0 Å². The lowest BCUT2D eigenvalue weighted by Crippen LogP contribution is -2.35. The second kappa shape index (κ2) is 5.12. The monoisotopic (exact) mass is 307 g/mol. The van der Waals surface area contributed by atoms with Crippen molar-refractivity contribution in [2.75, 3.05) is 6.54 Å². The van der Waals surface area contributed by atoms with Crippen molar-refractivity contribution in [2.24, 2.45) is 0 Å². The Kier molecular flexibility index (Phi) is 3.91. The van der Waals surface area contributed by atoms with Gasteiger partial charge in [-0.1, -0.05) is 19.6 Å². The molecule has 0 saturated heterocycles. The molecule has 0 atom stereocenters. The lowest BCUT2D eigenvalue weighted by molar-refractivity contribution is -0.113. The molecule has 0 saturated carbocycles. The number of fused-ring (bicyclic) bond motifs is 1. The van der Waals surface area contributed by atoms with Gasteiger partial charge in [0.15, 0.2) is 5.78 Å². The largest absolute Gasteiger partial charge is 0.443 e. The minimum absolute atomic E-state index is 0.0846. The maximum atomic E-state index is 12.4. The summed E-state index contributed by atoms with van der Waals surface area (Å²) in [6.07, 6.45) is 1.68. The second-order valence-corrected chi connectivity index (χ2v) is 13.5. The molecule has 0 bridgehead atoms. The normalized spacial score (nSPS) is 19.0. The maximum Gasteiger partial charge on any atom is 0.415 e. The molecule has 0 aromatic carbocycles. The van der Waals surface area contributed by atoms with E-state index in [9.17, 15) is 9.59 Å². The minimum Gasteiger partial charge on any atom is -0.443 e. The molecule has 0 fully saturated rings. The molecular weight excluding hydrogens is 282 g/mol. The van der Waals surface area contributed by atoms with Gasteiger partial charge in [0, 0.05) is 20.6 Å². The fourth-order valence-corrected chi connectivity index (χ4v) is 4.36. The van der Waals surface area contributed by atoms with Gasteiger partial charge in [-0.25, -0.2) is 4.79 Å². The Morgan fingerprint density at radius 1 is 1.33 bits per heavy atom. The number of ketones is 1. The zero-order valence-electron chi connectivity index (χ0n) is 13.9. The molecule has 1 aliphatic carbocycles. The van der Waals surface area contributed by atoms with Crippen LogP contribution in [0, 0.1) is 0 Å². The van der Waals surface area contributed by atoms with Gasteiger partial charge >= 0.3 is 6.09 Å². The van der Waals surface area contributed by atoms with E-state index < -0.39 is 13.7 Å². The number of hydrogen-bond acceptors (Lipinski definition) is 3. The Morgan fingerprint density at radius 3 is 2.48 bits per heavy atom. The topological polar surface area (TPSA) is 46.6 Å². The zero-order valence-corrected chi connectivity index (χ0v) is 14.9. The number of carbonyl (C=O) groups is 2. The molecule has 0 N–H and O–H groups in total. The summed E-state index contributed by atoms with van der Waals surface area (Å²) < 4.78 is 5.46. The Balaban J connectivity index is 2.24. The van der Waals surface area contributed by atoms with Crippen molar-refractivity contribution in [1.29, 1.82) is 0 Å².